The van der Waals surface area contributed by atoms with Crippen LogP contribution >= 0.6 is 23.1 Å². The van der Waals surface area contributed by atoms with Crippen LogP contribution in [0.4, 0.5) is 0 Å². The molecule has 17 heavy (non-hydrogen) atoms. The Kier molecular flexibility index (Phi) is 3.15. The third-order valence-electron chi connectivity index (χ3n) is 3.59. The van der Waals surface area contributed by atoms with E-state index in [0.717, 1.165) is 23.7 Å². The molecule has 0 atom stereocenters. The van der Waals surface area contributed by atoms with Crippen molar-refractivity contribution in [1.29, 1.82) is 0 Å². The van der Waals surface area contributed by atoms with Crippen molar-refractivity contribution in [3.05, 3.63) is 23.5 Å². The number of fused-ring (bicyclic) bond motifs is 1. The molecule has 0 aromatic carbocycles. The smallest absolute Gasteiger partial charge is 0.193 e. The van der Waals surface area contributed by atoms with Crippen LogP contribution in [0.5, 0.6) is 0 Å². The molecule has 2 heterocycles. The fraction of sp³-hybridized carbons (Fsp3) is 0.583. The van der Waals surface area contributed by atoms with Crippen LogP contribution in [-0.4, -0.2) is 26.9 Å². The molecule has 2 aromatic rings. The topological polar surface area (TPSA) is 29.3 Å². The minimum atomic E-state index is 0.511. The number of imidazole rings is 1. The van der Waals surface area contributed by atoms with Gasteiger partial charge in [-0.2, -0.15) is 11.8 Å². The predicted octanol–water partition coefficient (Wildman–Crippen LogP) is 2.77. The molecule has 1 saturated carbocycles. The maximum Gasteiger partial charge on any atom is 0.193 e. The SMILES string of the molecule is CSC1(CNCc2cn3ccsc3n2)CCC1. The van der Waals surface area contributed by atoms with Gasteiger partial charge in [-0.1, -0.05) is 6.42 Å². The summed E-state index contributed by atoms with van der Waals surface area (Å²) >= 11 is 3.70. The van der Waals surface area contributed by atoms with Crippen LogP contribution in [-0.2, 0) is 6.54 Å². The molecule has 92 valence electrons. The van der Waals surface area contributed by atoms with Gasteiger partial charge in [-0.05, 0) is 19.1 Å². The first-order chi connectivity index (χ1) is 8.31. The Morgan fingerprint density at radius 1 is 1.59 bits per heavy atom. The molecular weight excluding hydrogens is 250 g/mol. The highest BCUT2D eigenvalue weighted by atomic mass is 32.2. The zero-order valence-electron chi connectivity index (χ0n) is 9.98. The van der Waals surface area contributed by atoms with Crippen molar-refractivity contribution in [2.45, 2.75) is 30.6 Å². The van der Waals surface area contributed by atoms with Gasteiger partial charge in [0, 0.05) is 35.6 Å². The van der Waals surface area contributed by atoms with Crippen molar-refractivity contribution in [3.63, 3.8) is 0 Å². The lowest BCUT2D eigenvalue weighted by molar-refractivity contribution is 0.345. The van der Waals surface area contributed by atoms with Crippen molar-refractivity contribution in [1.82, 2.24) is 14.7 Å². The summed E-state index contributed by atoms with van der Waals surface area (Å²) in [6, 6.07) is 0. The molecule has 2 aromatic heterocycles. The van der Waals surface area contributed by atoms with Crippen LogP contribution in [0, 0.1) is 0 Å². The third kappa shape index (κ3) is 2.23. The Labute approximate surface area is 110 Å². The Balaban J connectivity index is 1.55. The Bertz CT molecular complexity index is 465. The van der Waals surface area contributed by atoms with E-state index in [1.807, 2.05) is 11.8 Å². The zero-order chi connectivity index (χ0) is 11.7. The summed E-state index contributed by atoms with van der Waals surface area (Å²) in [5, 5.41) is 5.62. The molecular formula is C12H17N3S2. The normalized spacial score (nSPS) is 18.4. The molecule has 5 heteroatoms. The molecule has 0 aliphatic heterocycles. The molecule has 3 rings (SSSR count). The van der Waals surface area contributed by atoms with E-state index in [-0.39, 0.29) is 0 Å². The fourth-order valence-corrected chi connectivity index (χ4v) is 3.97. The second-order valence-corrected chi connectivity index (χ2v) is 6.82. The van der Waals surface area contributed by atoms with Crippen molar-refractivity contribution in [2.75, 3.05) is 12.8 Å². The lowest BCUT2D eigenvalue weighted by Gasteiger charge is -2.40. The average molecular weight is 267 g/mol. The number of thioether (sulfide) groups is 1. The summed E-state index contributed by atoms with van der Waals surface area (Å²) in [4.78, 5) is 5.66. The van der Waals surface area contributed by atoms with Crippen LogP contribution in [0.2, 0.25) is 0 Å². The summed E-state index contributed by atoms with van der Waals surface area (Å²) in [5.41, 5.74) is 1.15. The van der Waals surface area contributed by atoms with Crippen molar-refractivity contribution in [2.24, 2.45) is 0 Å². The van der Waals surface area contributed by atoms with E-state index in [9.17, 15) is 0 Å². The van der Waals surface area contributed by atoms with E-state index >= 15 is 0 Å². The summed E-state index contributed by atoms with van der Waals surface area (Å²) in [7, 11) is 0. The van der Waals surface area contributed by atoms with E-state index in [1.165, 1.54) is 19.3 Å². The maximum absolute atomic E-state index is 4.57. The van der Waals surface area contributed by atoms with Gasteiger partial charge in [0.15, 0.2) is 4.96 Å². The second kappa shape index (κ2) is 4.63. The first-order valence-electron chi connectivity index (χ1n) is 5.98. The van der Waals surface area contributed by atoms with Crippen LogP contribution in [0.15, 0.2) is 17.8 Å². The maximum atomic E-state index is 4.57. The molecule has 0 saturated heterocycles. The average Bonchev–Trinajstić information content (AvgIpc) is 2.82. The molecule has 1 N–H and O–H groups in total. The number of hydrogen-bond acceptors (Lipinski definition) is 4. The summed E-state index contributed by atoms with van der Waals surface area (Å²) < 4.78 is 2.60. The number of rotatable bonds is 5. The molecule has 0 unspecified atom stereocenters. The fourth-order valence-electron chi connectivity index (χ4n) is 2.30. The largest absolute Gasteiger partial charge is 0.310 e. The van der Waals surface area contributed by atoms with Gasteiger partial charge in [0.2, 0.25) is 0 Å². The Morgan fingerprint density at radius 2 is 2.47 bits per heavy atom. The van der Waals surface area contributed by atoms with Crippen molar-refractivity contribution < 1.29 is 0 Å². The van der Waals surface area contributed by atoms with Gasteiger partial charge < -0.3 is 5.32 Å². The van der Waals surface area contributed by atoms with Crippen LogP contribution < -0.4 is 5.32 Å². The van der Waals surface area contributed by atoms with E-state index in [2.05, 4.69) is 38.7 Å². The highest BCUT2D eigenvalue weighted by molar-refractivity contribution is 8.00. The molecule has 0 spiro atoms. The highest BCUT2D eigenvalue weighted by Crippen LogP contribution is 2.42. The lowest BCUT2D eigenvalue weighted by atomic mass is 9.84. The van der Waals surface area contributed by atoms with Gasteiger partial charge >= 0.3 is 0 Å². The van der Waals surface area contributed by atoms with Gasteiger partial charge in [0.25, 0.3) is 0 Å². The van der Waals surface area contributed by atoms with Crippen LogP contribution in [0.1, 0.15) is 25.0 Å². The summed E-state index contributed by atoms with van der Waals surface area (Å²) in [5.74, 6) is 0. The second-order valence-electron chi connectivity index (χ2n) is 4.67. The van der Waals surface area contributed by atoms with Gasteiger partial charge in [-0.15, -0.1) is 11.3 Å². The summed E-state index contributed by atoms with van der Waals surface area (Å²) in [6.07, 6.45) is 10.5. The van der Waals surface area contributed by atoms with Crippen LogP contribution in [0.25, 0.3) is 4.96 Å². The predicted molar refractivity (Wildman–Crippen MR) is 74.9 cm³/mol. The van der Waals surface area contributed by atoms with Gasteiger partial charge in [0.05, 0.1) is 5.69 Å². The quantitative estimate of drug-likeness (QED) is 0.903. The number of nitrogens with one attached hydrogen (secondary N) is 1. The number of hydrogen-bond donors (Lipinski definition) is 1. The minimum absolute atomic E-state index is 0.511. The number of thiazole rings is 1. The van der Waals surface area contributed by atoms with E-state index in [0.29, 0.717) is 4.75 Å². The Morgan fingerprint density at radius 3 is 3.12 bits per heavy atom. The monoisotopic (exact) mass is 267 g/mol. The molecule has 0 radical (unpaired) electrons. The van der Waals surface area contributed by atoms with E-state index in [4.69, 9.17) is 0 Å². The first-order valence-corrected chi connectivity index (χ1v) is 8.09. The van der Waals surface area contributed by atoms with E-state index in [1.54, 1.807) is 11.3 Å². The molecule has 0 bridgehead atoms. The van der Waals surface area contributed by atoms with Gasteiger partial charge in [-0.3, -0.25) is 4.40 Å². The lowest BCUT2D eigenvalue weighted by Crippen LogP contribution is -2.43. The first kappa shape index (κ1) is 11.6. The van der Waals surface area contributed by atoms with E-state index < -0.39 is 0 Å². The molecule has 1 aliphatic carbocycles. The highest BCUT2D eigenvalue weighted by Gasteiger charge is 2.35. The van der Waals surface area contributed by atoms with Gasteiger partial charge in [0.1, 0.15) is 0 Å². The molecule has 3 nitrogen and oxygen atoms in total. The van der Waals surface area contributed by atoms with Crippen LogP contribution in [0.3, 0.4) is 0 Å². The number of aromatic nitrogens is 2. The minimum Gasteiger partial charge on any atom is -0.310 e. The van der Waals surface area contributed by atoms with Gasteiger partial charge in [-0.25, -0.2) is 4.98 Å². The molecule has 0 amide bonds. The number of nitrogens with zero attached hydrogens (tertiary/aromatic N) is 2. The Hall–Kier alpha value is -0.520. The standard InChI is InChI=1S/C12H17N3S2/c1-16-12(3-2-4-12)9-13-7-10-8-15-5-6-17-11(15)14-10/h5-6,8,13H,2-4,7,9H2,1H3. The molecule has 1 fully saturated rings. The van der Waals surface area contributed by atoms with Crippen molar-refractivity contribution >= 4 is 28.1 Å². The zero-order valence-corrected chi connectivity index (χ0v) is 11.6. The third-order valence-corrected chi connectivity index (χ3v) is 5.78. The summed E-state index contributed by atoms with van der Waals surface area (Å²) in [6.45, 7) is 2.00. The van der Waals surface area contributed by atoms with Crippen molar-refractivity contribution in [3.8, 4) is 0 Å². The molecule has 1 aliphatic rings.